The quantitative estimate of drug-likeness (QED) is 0.483. The molecule has 0 aliphatic rings. The van der Waals surface area contributed by atoms with Crippen LogP contribution in [0, 0.1) is 0 Å². The Morgan fingerprint density at radius 2 is 1.96 bits per heavy atom. The predicted octanol–water partition coefficient (Wildman–Crippen LogP) is 4.52. The van der Waals surface area contributed by atoms with Gasteiger partial charge >= 0.3 is 0 Å². The summed E-state index contributed by atoms with van der Waals surface area (Å²) in [7, 11) is 0. The van der Waals surface area contributed by atoms with Crippen LogP contribution >= 0.6 is 23.2 Å². The summed E-state index contributed by atoms with van der Waals surface area (Å²) < 4.78 is 0. The van der Waals surface area contributed by atoms with Gasteiger partial charge in [-0.25, -0.2) is 0 Å². The minimum Gasteiger partial charge on any atom is -0.394 e. The van der Waals surface area contributed by atoms with Gasteiger partial charge in [-0.05, 0) is 35.7 Å². The molecule has 0 saturated heterocycles. The van der Waals surface area contributed by atoms with Crippen LogP contribution in [0.2, 0.25) is 10.0 Å². The third-order valence-electron chi connectivity index (χ3n) is 4.43. The van der Waals surface area contributed by atoms with Crippen LogP contribution in [-0.4, -0.2) is 15.2 Å². The summed E-state index contributed by atoms with van der Waals surface area (Å²) in [5, 5.41) is 9.70. The highest BCUT2D eigenvalue weighted by atomic mass is 35.5. The number of nitrogens with one attached hydrogen (secondary N) is 2. The first-order valence-electron chi connectivity index (χ1n) is 7.77. The van der Waals surface area contributed by atoms with E-state index in [9.17, 15) is 4.79 Å². The van der Waals surface area contributed by atoms with Crippen LogP contribution in [0.5, 0.6) is 0 Å². The maximum absolute atomic E-state index is 12.4. The first-order valence-corrected chi connectivity index (χ1v) is 8.52. The Morgan fingerprint density at radius 1 is 1.16 bits per heavy atom. The summed E-state index contributed by atoms with van der Waals surface area (Å²) in [5.74, 6) is 0. The molecule has 4 rings (SSSR count). The van der Waals surface area contributed by atoms with Gasteiger partial charge in [0.2, 0.25) is 0 Å². The molecule has 2 aromatic heterocycles. The van der Waals surface area contributed by atoms with Gasteiger partial charge in [-0.3, -0.25) is 9.89 Å². The summed E-state index contributed by atoms with van der Waals surface area (Å²) >= 11 is 12.6. The van der Waals surface area contributed by atoms with E-state index < -0.39 is 0 Å². The van der Waals surface area contributed by atoms with Gasteiger partial charge in [-0.15, -0.1) is 0 Å². The average Bonchev–Trinajstić information content (AvgIpc) is 3.08. The lowest BCUT2D eigenvalue weighted by atomic mass is 9.96. The molecule has 5 nitrogen and oxygen atoms in total. The van der Waals surface area contributed by atoms with Crippen molar-refractivity contribution in [2.75, 3.05) is 5.73 Å². The lowest BCUT2D eigenvalue weighted by Gasteiger charge is -2.13. The molecule has 25 heavy (non-hydrogen) atoms. The van der Waals surface area contributed by atoms with Crippen LogP contribution in [0.3, 0.4) is 0 Å². The van der Waals surface area contributed by atoms with E-state index in [1.807, 2.05) is 25.1 Å². The Bertz CT molecular complexity index is 1190. The van der Waals surface area contributed by atoms with E-state index in [0.717, 1.165) is 28.3 Å². The maximum atomic E-state index is 12.4. The second-order valence-corrected chi connectivity index (χ2v) is 6.65. The van der Waals surface area contributed by atoms with Gasteiger partial charge in [0.25, 0.3) is 5.56 Å². The molecule has 0 amide bonds. The molecule has 0 saturated carbocycles. The number of nitrogens with zero attached hydrogens (tertiary/aromatic N) is 1. The third-order valence-corrected chi connectivity index (χ3v) is 5.10. The van der Waals surface area contributed by atoms with Gasteiger partial charge in [0.15, 0.2) is 0 Å². The number of aromatic amines is 2. The lowest BCUT2D eigenvalue weighted by Crippen LogP contribution is -2.13. The van der Waals surface area contributed by atoms with Crippen molar-refractivity contribution in [3.63, 3.8) is 0 Å². The minimum atomic E-state index is -0.335. The monoisotopic (exact) mass is 372 g/mol. The number of halogens is 2. The van der Waals surface area contributed by atoms with Gasteiger partial charge in [0, 0.05) is 26.9 Å². The molecule has 4 N–H and O–H groups in total. The summed E-state index contributed by atoms with van der Waals surface area (Å²) in [6.45, 7) is 2.01. The van der Waals surface area contributed by atoms with E-state index in [2.05, 4.69) is 15.2 Å². The Morgan fingerprint density at radius 3 is 2.72 bits per heavy atom. The van der Waals surface area contributed by atoms with Crippen molar-refractivity contribution < 1.29 is 0 Å². The SMILES string of the molecule is CCc1cc2[nH]c(=O)c(N)c(-c3ccc(Cl)c4[nH]ncc34)c2cc1Cl. The number of H-pyrrole nitrogens is 2. The topological polar surface area (TPSA) is 87.6 Å². The molecule has 7 heteroatoms. The van der Waals surface area contributed by atoms with Gasteiger partial charge in [0.1, 0.15) is 5.69 Å². The Hall–Kier alpha value is -2.50. The predicted molar refractivity (Wildman–Crippen MR) is 103 cm³/mol. The molecule has 0 fully saturated rings. The molecule has 0 radical (unpaired) electrons. The van der Waals surface area contributed by atoms with Gasteiger partial charge in [-0.1, -0.05) is 36.2 Å². The average molecular weight is 373 g/mol. The molecule has 0 aliphatic heterocycles. The lowest BCUT2D eigenvalue weighted by molar-refractivity contribution is 1.12. The second kappa shape index (κ2) is 5.79. The number of benzene rings is 2. The van der Waals surface area contributed by atoms with Crippen molar-refractivity contribution in [3.05, 3.63) is 56.4 Å². The summed E-state index contributed by atoms with van der Waals surface area (Å²) in [6, 6.07) is 7.33. The Balaban J connectivity index is 2.18. The van der Waals surface area contributed by atoms with E-state index in [1.165, 1.54) is 0 Å². The van der Waals surface area contributed by atoms with Crippen LogP contribution in [0.25, 0.3) is 32.9 Å². The third kappa shape index (κ3) is 2.39. The highest BCUT2D eigenvalue weighted by molar-refractivity contribution is 6.36. The molecular weight excluding hydrogens is 359 g/mol. The fourth-order valence-electron chi connectivity index (χ4n) is 3.16. The normalized spacial score (nSPS) is 11.5. The molecule has 0 spiro atoms. The molecule has 2 aromatic carbocycles. The molecule has 0 aliphatic carbocycles. The number of aryl methyl sites for hydroxylation is 1. The Labute approximate surface area is 152 Å². The highest BCUT2D eigenvalue weighted by Gasteiger charge is 2.17. The second-order valence-electron chi connectivity index (χ2n) is 5.84. The largest absolute Gasteiger partial charge is 0.394 e. The van der Waals surface area contributed by atoms with Crippen LogP contribution in [0.1, 0.15) is 12.5 Å². The number of hydrogen-bond donors (Lipinski definition) is 3. The van der Waals surface area contributed by atoms with E-state index in [-0.39, 0.29) is 11.2 Å². The standard InChI is InChI=1S/C18H14Cl2N4O/c1-2-8-5-14-10(6-13(8)20)15(16(21)18(25)23-14)9-3-4-12(19)17-11(9)7-22-24-17/h3-7H,2,21H2,1H3,(H,22,24)(H,23,25). The number of nitrogen functional groups attached to an aromatic ring is 1. The van der Waals surface area contributed by atoms with E-state index in [0.29, 0.717) is 26.6 Å². The summed E-state index contributed by atoms with van der Waals surface area (Å²) in [4.78, 5) is 15.2. The molecule has 0 unspecified atom stereocenters. The van der Waals surface area contributed by atoms with Crippen molar-refractivity contribution in [1.82, 2.24) is 15.2 Å². The van der Waals surface area contributed by atoms with Gasteiger partial charge in [-0.2, -0.15) is 5.10 Å². The zero-order valence-electron chi connectivity index (χ0n) is 13.3. The molecule has 126 valence electrons. The summed E-state index contributed by atoms with van der Waals surface area (Å²) in [6.07, 6.45) is 2.44. The molecular formula is C18H14Cl2N4O. The summed E-state index contributed by atoms with van der Waals surface area (Å²) in [5.41, 5.74) is 9.72. The van der Waals surface area contributed by atoms with Crippen molar-refractivity contribution in [2.45, 2.75) is 13.3 Å². The van der Waals surface area contributed by atoms with Gasteiger partial charge in [0.05, 0.1) is 16.7 Å². The van der Waals surface area contributed by atoms with Crippen LogP contribution < -0.4 is 11.3 Å². The van der Waals surface area contributed by atoms with Crippen molar-refractivity contribution in [3.8, 4) is 11.1 Å². The van der Waals surface area contributed by atoms with Crippen molar-refractivity contribution in [2.24, 2.45) is 0 Å². The minimum absolute atomic E-state index is 0.137. The molecule has 0 bridgehead atoms. The van der Waals surface area contributed by atoms with Crippen LogP contribution in [0.15, 0.2) is 35.3 Å². The van der Waals surface area contributed by atoms with Crippen molar-refractivity contribution in [1.29, 1.82) is 0 Å². The fraction of sp³-hybridized carbons (Fsp3) is 0.111. The number of anilines is 1. The van der Waals surface area contributed by atoms with Gasteiger partial charge < -0.3 is 10.7 Å². The number of nitrogens with two attached hydrogens (primary N) is 1. The Kier molecular flexibility index (Phi) is 3.71. The van der Waals surface area contributed by atoms with Crippen LogP contribution in [-0.2, 0) is 6.42 Å². The van der Waals surface area contributed by atoms with E-state index in [1.54, 1.807) is 12.3 Å². The zero-order chi connectivity index (χ0) is 17.7. The first-order chi connectivity index (χ1) is 12.0. The van der Waals surface area contributed by atoms with E-state index >= 15 is 0 Å². The number of fused-ring (bicyclic) bond motifs is 2. The number of aromatic nitrogens is 3. The maximum Gasteiger partial charge on any atom is 0.272 e. The highest BCUT2D eigenvalue weighted by Crippen LogP contribution is 2.38. The van der Waals surface area contributed by atoms with E-state index in [4.69, 9.17) is 28.9 Å². The van der Waals surface area contributed by atoms with Crippen LogP contribution in [0.4, 0.5) is 5.69 Å². The number of hydrogen-bond acceptors (Lipinski definition) is 3. The smallest absolute Gasteiger partial charge is 0.272 e. The molecule has 4 aromatic rings. The molecule has 0 atom stereocenters. The zero-order valence-corrected chi connectivity index (χ0v) is 14.8. The number of rotatable bonds is 2. The molecule has 2 heterocycles. The first kappa shape index (κ1) is 16.0. The number of pyridine rings is 1. The van der Waals surface area contributed by atoms with Crippen molar-refractivity contribution >= 4 is 50.7 Å². The fourth-order valence-corrected chi connectivity index (χ4v) is 3.66.